The maximum atomic E-state index is 11.9. The van der Waals surface area contributed by atoms with Crippen molar-refractivity contribution in [1.82, 2.24) is 10.7 Å². The minimum atomic E-state index is -0.801. The molecule has 29 heavy (non-hydrogen) atoms. The lowest BCUT2D eigenvalue weighted by molar-refractivity contribution is -0.139. The number of carbonyl (C=O) groups is 3. The van der Waals surface area contributed by atoms with Gasteiger partial charge in [0.25, 0.3) is 5.91 Å². The number of hydrogen-bond donors (Lipinski definition) is 3. The van der Waals surface area contributed by atoms with Crippen molar-refractivity contribution in [2.75, 3.05) is 11.9 Å². The third-order valence-electron chi connectivity index (χ3n) is 3.88. The first-order valence-electron chi connectivity index (χ1n) is 8.92. The molecule has 0 spiro atoms. The first-order chi connectivity index (χ1) is 14.0. The Morgan fingerprint density at radius 3 is 2.38 bits per heavy atom. The van der Waals surface area contributed by atoms with Gasteiger partial charge in [0, 0.05) is 16.2 Å². The van der Waals surface area contributed by atoms with E-state index < -0.39 is 11.8 Å². The predicted molar refractivity (Wildman–Crippen MR) is 112 cm³/mol. The number of carbonyl (C=O) groups excluding carboxylic acids is 3. The monoisotopic (exact) mass is 458 g/mol. The van der Waals surface area contributed by atoms with E-state index in [-0.39, 0.29) is 18.6 Å². The van der Waals surface area contributed by atoms with E-state index in [1.165, 1.54) is 6.21 Å². The Bertz CT molecular complexity index is 909. The molecule has 3 amide bonds. The Morgan fingerprint density at radius 1 is 1.03 bits per heavy atom. The molecular formula is C20H19BrN4O4. The standard InChI is InChI=1S/C20H19BrN4O4/c21-14-3-5-15(6-4-14)23-18(26)12-29-17-9-1-13(2-10-17)11-22-25-20(28)19(27)24-16-7-8-16/h1-6,9-11,16H,7-8,12H2,(H,23,26)(H,24,27)(H,25,28)/b22-11+. The van der Waals surface area contributed by atoms with Gasteiger partial charge in [-0.25, -0.2) is 5.43 Å². The Morgan fingerprint density at radius 2 is 1.72 bits per heavy atom. The summed E-state index contributed by atoms with van der Waals surface area (Å²) in [7, 11) is 0. The van der Waals surface area contributed by atoms with Crippen molar-refractivity contribution in [2.24, 2.45) is 5.10 Å². The van der Waals surface area contributed by atoms with E-state index in [0.717, 1.165) is 17.3 Å². The summed E-state index contributed by atoms with van der Waals surface area (Å²) in [6.07, 6.45) is 3.22. The molecule has 8 nitrogen and oxygen atoms in total. The molecule has 0 unspecified atom stereocenters. The SMILES string of the molecule is O=C(COc1ccc(/C=N/NC(=O)C(=O)NC2CC2)cc1)Nc1ccc(Br)cc1. The van der Waals surface area contributed by atoms with E-state index in [9.17, 15) is 14.4 Å². The molecule has 150 valence electrons. The minimum Gasteiger partial charge on any atom is -0.484 e. The van der Waals surface area contributed by atoms with Crippen LogP contribution >= 0.6 is 15.9 Å². The van der Waals surface area contributed by atoms with Crippen molar-refractivity contribution in [3.8, 4) is 5.75 Å². The summed E-state index contributed by atoms with van der Waals surface area (Å²) in [6.45, 7) is -0.129. The van der Waals surface area contributed by atoms with E-state index in [1.807, 2.05) is 12.1 Å². The summed E-state index contributed by atoms with van der Waals surface area (Å²) in [4.78, 5) is 35.0. The number of hydrogen-bond acceptors (Lipinski definition) is 5. The molecule has 0 aromatic heterocycles. The van der Waals surface area contributed by atoms with Crippen LogP contribution in [0.1, 0.15) is 18.4 Å². The summed E-state index contributed by atoms with van der Waals surface area (Å²) < 4.78 is 6.37. The maximum absolute atomic E-state index is 11.9. The number of rotatable bonds is 7. The first kappa shape index (κ1) is 20.5. The quantitative estimate of drug-likeness (QED) is 0.335. The third-order valence-corrected chi connectivity index (χ3v) is 4.41. The number of ether oxygens (including phenoxy) is 1. The van der Waals surface area contributed by atoms with E-state index >= 15 is 0 Å². The Hall–Kier alpha value is -3.20. The average Bonchev–Trinajstić information content (AvgIpc) is 3.53. The number of anilines is 1. The van der Waals surface area contributed by atoms with E-state index in [0.29, 0.717) is 17.0 Å². The van der Waals surface area contributed by atoms with Crippen molar-refractivity contribution in [1.29, 1.82) is 0 Å². The highest BCUT2D eigenvalue weighted by molar-refractivity contribution is 9.10. The molecular weight excluding hydrogens is 440 g/mol. The summed E-state index contributed by atoms with van der Waals surface area (Å²) in [5.41, 5.74) is 3.55. The van der Waals surface area contributed by atoms with Crippen molar-refractivity contribution >= 4 is 45.6 Å². The number of benzene rings is 2. The lowest BCUT2D eigenvalue weighted by Crippen LogP contribution is -2.38. The Kier molecular flexibility index (Phi) is 6.96. The van der Waals surface area contributed by atoms with Crippen LogP contribution in [0, 0.1) is 0 Å². The second-order valence-corrected chi connectivity index (χ2v) is 7.28. The zero-order chi connectivity index (χ0) is 20.6. The van der Waals surface area contributed by atoms with Crippen molar-refractivity contribution in [2.45, 2.75) is 18.9 Å². The van der Waals surface area contributed by atoms with Gasteiger partial charge in [-0.2, -0.15) is 5.10 Å². The van der Waals surface area contributed by atoms with Gasteiger partial charge in [-0.1, -0.05) is 15.9 Å². The third kappa shape index (κ3) is 7.04. The van der Waals surface area contributed by atoms with Crippen LogP contribution < -0.4 is 20.8 Å². The second kappa shape index (κ2) is 9.83. The zero-order valence-corrected chi connectivity index (χ0v) is 16.9. The smallest absolute Gasteiger partial charge is 0.329 e. The maximum Gasteiger partial charge on any atom is 0.329 e. The molecule has 1 fully saturated rings. The number of hydrazone groups is 1. The van der Waals surface area contributed by atoms with Gasteiger partial charge in [-0.3, -0.25) is 14.4 Å². The van der Waals surface area contributed by atoms with Crippen molar-refractivity contribution in [3.63, 3.8) is 0 Å². The summed E-state index contributed by atoms with van der Waals surface area (Å²) in [6, 6.07) is 14.1. The molecule has 0 aliphatic heterocycles. The number of halogens is 1. The number of amides is 3. The molecule has 0 bridgehead atoms. The predicted octanol–water partition coefficient (Wildman–Crippen LogP) is 2.20. The highest BCUT2D eigenvalue weighted by Crippen LogP contribution is 2.18. The van der Waals surface area contributed by atoms with Gasteiger partial charge in [-0.05, 0) is 66.9 Å². The van der Waals surface area contributed by atoms with Crippen molar-refractivity contribution in [3.05, 3.63) is 58.6 Å². The van der Waals surface area contributed by atoms with E-state index in [4.69, 9.17) is 4.74 Å². The molecule has 1 aliphatic rings. The number of nitrogens with one attached hydrogen (secondary N) is 3. The molecule has 9 heteroatoms. The zero-order valence-electron chi connectivity index (χ0n) is 15.4. The second-order valence-electron chi connectivity index (χ2n) is 6.36. The van der Waals surface area contributed by atoms with Gasteiger partial charge in [0.05, 0.1) is 6.21 Å². The summed E-state index contributed by atoms with van der Waals surface area (Å²) in [5, 5.41) is 9.06. The fourth-order valence-corrected chi connectivity index (χ4v) is 2.49. The number of nitrogens with zero attached hydrogens (tertiary/aromatic N) is 1. The van der Waals surface area contributed by atoms with Gasteiger partial charge < -0.3 is 15.4 Å². The molecule has 0 atom stereocenters. The highest BCUT2D eigenvalue weighted by atomic mass is 79.9. The lowest BCUT2D eigenvalue weighted by atomic mass is 10.2. The van der Waals surface area contributed by atoms with Crippen LogP contribution in [0.3, 0.4) is 0 Å². The summed E-state index contributed by atoms with van der Waals surface area (Å²) >= 11 is 3.33. The molecule has 1 aliphatic carbocycles. The Labute approximate surface area is 175 Å². The molecule has 1 saturated carbocycles. The summed E-state index contributed by atoms with van der Waals surface area (Å²) in [5.74, 6) is -1.24. The van der Waals surface area contributed by atoms with Crippen LogP contribution in [0.2, 0.25) is 0 Å². The average molecular weight is 459 g/mol. The molecule has 2 aromatic rings. The highest BCUT2D eigenvalue weighted by Gasteiger charge is 2.26. The molecule has 3 N–H and O–H groups in total. The van der Waals surface area contributed by atoms with Crippen LogP contribution in [-0.2, 0) is 14.4 Å². The van der Waals surface area contributed by atoms with Crippen LogP contribution in [-0.4, -0.2) is 36.6 Å². The van der Waals surface area contributed by atoms with Gasteiger partial charge in [-0.15, -0.1) is 0 Å². The van der Waals surface area contributed by atoms with Crippen molar-refractivity contribution < 1.29 is 19.1 Å². The fourth-order valence-electron chi connectivity index (χ4n) is 2.22. The minimum absolute atomic E-state index is 0.113. The van der Waals surface area contributed by atoms with Gasteiger partial charge >= 0.3 is 11.8 Å². The fraction of sp³-hybridized carbons (Fsp3) is 0.200. The first-order valence-corrected chi connectivity index (χ1v) is 9.71. The molecule has 0 heterocycles. The topological polar surface area (TPSA) is 109 Å². The molecule has 0 saturated heterocycles. The molecule has 2 aromatic carbocycles. The van der Waals surface area contributed by atoms with Crippen LogP contribution in [0.25, 0.3) is 0 Å². The van der Waals surface area contributed by atoms with Crippen LogP contribution in [0.15, 0.2) is 58.1 Å². The normalized spacial score (nSPS) is 13.0. The van der Waals surface area contributed by atoms with E-state index in [2.05, 4.69) is 37.1 Å². The van der Waals surface area contributed by atoms with Gasteiger partial charge in [0.1, 0.15) is 5.75 Å². The van der Waals surface area contributed by atoms with Gasteiger partial charge in [0.2, 0.25) is 0 Å². The lowest BCUT2D eigenvalue weighted by Gasteiger charge is -2.08. The molecule has 0 radical (unpaired) electrons. The van der Waals surface area contributed by atoms with E-state index in [1.54, 1.807) is 36.4 Å². The Balaban J connectivity index is 1.40. The largest absolute Gasteiger partial charge is 0.484 e. The van der Waals surface area contributed by atoms with Crippen LogP contribution in [0.4, 0.5) is 5.69 Å². The molecule has 3 rings (SSSR count). The van der Waals surface area contributed by atoms with Crippen LogP contribution in [0.5, 0.6) is 5.75 Å². The van der Waals surface area contributed by atoms with Gasteiger partial charge in [0.15, 0.2) is 6.61 Å².